The molecule has 0 aliphatic carbocycles. The molecule has 1 atom stereocenters. The first-order valence-electron chi connectivity index (χ1n) is 6.71. The maximum Gasteiger partial charge on any atom is 0.269 e. The van der Waals surface area contributed by atoms with Crippen molar-refractivity contribution in [1.29, 1.82) is 0 Å². The van der Waals surface area contributed by atoms with Crippen LogP contribution >= 0.6 is 0 Å². The van der Waals surface area contributed by atoms with Crippen LogP contribution in [0.3, 0.4) is 0 Å². The molecular formula is C13H21N5O. The quantitative estimate of drug-likeness (QED) is 0.810. The maximum absolute atomic E-state index is 11.0. The maximum atomic E-state index is 11.0. The Hall–Kier alpha value is -1.69. The van der Waals surface area contributed by atoms with Gasteiger partial charge in [0.1, 0.15) is 0 Å². The van der Waals surface area contributed by atoms with E-state index in [1.54, 1.807) is 6.07 Å². The molecule has 0 saturated carbocycles. The largest absolute Gasteiger partial charge is 0.364 e. The van der Waals surface area contributed by atoms with Crippen LogP contribution in [-0.4, -0.2) is 41.3 Å². The number of hydrogen-bond acceptors (Lipinski definition) is 5. The van der Waals surface area contributed by atoms with Crippen LogP contribution in [0.25, 0.3) is 0 Å². The number of hydrogen-bond donors (Lipinski definition) is 2. The molecule has 1 aromatic heterocycles. The molecule has 104 valence electrons. The molecule has 3 N–H and O–H groups in total. The van der Waals surface area contributed by atoms with Gasteiger partial charge >= 0.3 is 0 Å². The lowest BCUT2D eigenvalue weighted by atomic mass is 10.2. The third-order valence-electron chi connectivity index (χ3n) is 3.40. The monoisotopic (exact) mass is 263 g/mol. The highest BCUT2D eigenvalue weighted by atomic mass is 16.1. The van der Waals surface area contributed by atoms with Gasteiger partial charge in [0.25, 0.3) is 5.91 Å². The van der Waals surface area contributed by atoms with E-state index in [0.29, 0.717) is 12.1 Å². The van der Waals surface area contributed by atoms with E-state index in [1.807, 2.05) is 6.07 Å². The summed E-state index contributed by atoms with van der Waals surface area (Å²) in [6.45, 7) is 6.24. The normalized spacial score (nSPS) is 18.8. The zero-order chi connectivity index (χ0) is 13.8. The number of amides is 1. The Labute approximate surface area is 113 Å². The molecule has 6 heteroatoms. The number of carbonyl (C=O) groups is 1. The van der Waals surface area contributed by atoms with E-state index < -0.39 is 5.91 Å². The summed E-state index contributed by atoms with van der Waals surface area (Å²) in [5.74, 6) is 0.237. The molecule has 1 fully saturated rings. The van der Waals surface area contributed by atoms with Gasteiger partial charge in [-0.1, -0.05) is 0 Å². The number of primary amides is 1. The predicted octanol–water partition coefficient (Wildman–Crippen LogP) is 0.542. The smallest absolute Gasteiger partial charge is 0.269 e. The van der Waals surface area contributed by atoms with Crippen molar-refractivity contribution in [3.63, 3.8) is 0 Å². The minimum atomic E-state index is -0.549. The molecule has 1 unspecified atom stereocenters. The standard InChI is InChI=1S/C13H21N5O/c1-9(2)18(8-10-4-3-7-15-10)12-6-5-11(13(14)19)16-17-12/h5-6,9-10,15H,3-4,7-8H2,1-2H3,(H2,14,19). The van der Waals surface area contributed by atoms with Crippen LogP contribution in [0.1, 0.15) is 37.2 Å². The first-order chi connectivity index (χ1) is 9.08. The molecule has 0 aromatic carbocycles. The van der Waals surface area contributed by atoms with Gasteiger partial charge in [-0.05, 0) is 45.4 Å². The molecule has 0 bridgehead atoms. The molecule has 19 heavy (non-hydrogen) atoms. The van der Waals surface area contributed by atoms with Crippen molar-refractivity contribution < 1.29 is 4.79 Å². The van der Waals surface area contributed by atoms with Gasteiger partial charge in [-0.15, -0.1) is 10.2 Å². The fraction of sp³-hybridized carbons (Fsp3) is 0.615. The van der Waals surface area contributed by atoms with Gasteiger partial charge in [0.05, 0.1) is 0 Å². The zero-order valence-corrected chi connectivity index (χ0v) is 11.5. The highest BCUT2D eigenvalue weighted by molar-refractivity contribution is 5.90. The molecule has 1 aromatic rings. The van der Waals surface area contributed by atoms with Gasteiger partial charge in [0.2, 0.25) is 0 Å². The molecule has 1 amide bonds. The van der Waals surface area contributed by atoms with Crippen molar-refractivity contribution >= 4 is 11.7 Å². The molecule has 0 spiro atoms. The van der Waals surface area contributed by atoms with Gasteiger partial charge in [-0.3, -0.25) is 4.79 Å². The number of carbonyl (C=O) groups excluding carboxylic acids is 1. The summed E-state index contributed by atoms with van der Waals surface area (Å²) in [5.41, 5.74) is 5.37. The van der Waals surface area contributed by atoms with Crippen molar-refractivity contribution in [2.45, 2.75) is 38.8 Å². The third-order valence-corrected chi connectivity index (χ3v) is 3.40. The summed E-state index contributed by atoms with van der Waals surface area (Å²) < 4.78 is 0. The summed E-state index contributed by atoms with van der Waals surface area (Å²) >= 11 is 0. The topological polar surface area (TPSA) is 84.1 Å². The highest BCUT2D eigenvalue weighted by Gasteiger charge is 2.21. The second-order valence-electron chi connectivity index (χ2n) is 5.18. The van der Waals surface area contributed by atoms with E-state index in [0.717, 1.165) is 18.9 Å². The van der Waals surface area contributed by atoms with Gasteiger partial charge in [0.15, 0.2) is 11.5 Å². The minimum absolute atomic E-state index is 0.200. The predicted molar refractivity (Wildman–Crippen MR) is 74.1 cm³/mol. The third kappa shape index (κ3) is 3.41. The van der Waals surface area contributed by atoms with Crippen molar-refractivity contribution in [2.75, 3.05) is 18.0 Å². The zero-order valence-electron chi connectivity index (χ0n) is 11.5. The van der Waals surface area contributed by atoms with Crippen LogP contribution in [-0.2, 0) is 0 Å². The van der Waals surface area contributed by atoms with Gasteiger partial charge in [-0.25, -0.2) is 0 Å². The molecule has 1 aliphatic rings. The number of aromatic nitrogens is 2. The number of nitrogens with zero attached hydrogens (tertiary/aromatic N) is 3. The average molecular weight is 263 g/mol. The second-order valence-corrected chi connectivity index (χ2v) is 5.18. The fourth-order valence-corrected chi connectivity index (χ4v) is 2.33. The molecular weight excluding hydrogens is 242 g/mol. The Morgan fingerprint density at radius 3 is 2.79 bits per heavy atom. The van der Waals surface area contributed by atoms with Crippen LogP contribution in [0.2, 0.25) is 0 Å². The Bertz CT molecular complexity index is 425. The Morgan fingerprint density at radius 1 is 1.53 bits per heavy atom. The average Bonchev–Trinajstić information content (AvgIpc) is 2.88. The summed E-state index contributed by atoms with van der Waals surface area (Å²) in [4.78, 5) is 13.2. The lowest BCUT2D eigenvalue weighted by molar-refractivity contribution is 0.0994. The number of rotatable bonds is 5. The first kappa shape index (κ1) is 13.7. The van der Waals surface area contributed by atoms with Crippen molar-refractivity contribution in [2.24, 2.45) is 5.73 Å². The molecule has 0 radical (unpaired) electrons. The molecule has 2 heterocycles. The summed E-state index contributed by atoms with van der Waals surface area (Å²) in [5, 5.41) is 11.5. The number of anilines is 1. The molecule has 2 rings (SSSR count). The minimum Gasteiger partial charge on any atom is -0.364 e. The fourth-order valence-electron chi connectivity index (χ4n) is 2.33. The van der Waals surface area contributed by atoms with Crippen molar-refractivity contribution in [3.8, 4) is 0 Å². The first-order valence-corrected chi connectivity index (χ1v) is 6.71. The van der Waals surface area contributed by atoms with E-state index in [1.165, 1.54) is 12.8 Å². The Morgan fingerprint density at radius 2 is 2.32 bits per heavy atom. The molecule has 6 nitrogen and oxygen atoms in total. The highest BCUT2D eigenvalue weighted by Crippen LogP contribution is 2.16. The summed E-state index contributed by atoms with van der Waals surface area (Å²) in [6.07, 6.45) is 2.42. The SMILES string of the molecule is CC(C)N(CC1CCCN1)c1ccc(C(N)=O)nn1. The Balaban J connectivity index is 2.11. The van der Waals surface area contributed by atoms with E-state index in [-0.39, 0.29) is 5.69 Å². The van der Waals surface area contributed by atoms with Gasteiger partial charge in [0, 0.05) is 18.6 Å². The second kappa shape index (κ2) is 5.97. The molecule has 1 aliphatic heterocycles. The van der Waals surface area contributed by atoms with Crippen molar-refractivity contribution in [3.05, 3.63) is 17.8 Å². The van der Waals surface area contributed by atoms with Gasteiger partial charge in [-0.2, -0.15) is 0 Å². The lowest BCUT2D eigenvalue weighted by Gasteiger charge is -2.30. The summed E-state index contributed by atoms with van der Waals surface area (Å²) in [7, 11) is 0. The number of nitrogens with two attached hydrogens (primary N) is 1. The van der Waals surface area contributed by atoms with E-state index >= 15 is 0 Å². The number of nitrogens with one attached hydrogen (secondary N) is 1. The van der Waals surface area contributed by atoms with Crippen molar-refractivity contribution in [1.82, 2.24) is 15.5 Å². The van der Waals surface area contributed by atoms with Gasteiger partial charge < -0.3 is 16.0 Å². The lowest BCUT2D eigenvalue weighted by Crippen LogP contribution is -2.42. The van der Waals surface area contributed by atoms with Crippen LogP contribution in [0.4, 0.5) is 5.82 Å². The summed E-state index contributed by atoms with van der Waals surface area (Å²) in [6, 6.07) is 4.26. The van der Waals surface area contributed by atoms with Crippen LogP contribution in [0.5, 0.6) is 0 Å². The van der Waals surface area contributed by atoms with Crippen LogP contribution in [0.15, 0.2) is 12.1 Å². The van der Waals surface area contributed by atoms with E-state index in [9.17, 15) is 4.79 Å². The van der Waals surface area contributed by atoms with Crippen LogP contribution < -0.4 is 16.0 Å². The van der Waals surface area contributed by atoms with E-state index in [2.05, 4.69) is 34.3 Å². The Kier molecular flexibility index (Phi) is 4.31. The van der Waals surface area contributed by atoms with Crippen LogP contribution in [0, 0.1) is 0 Å². The van der Waals surface area contributed by atoms with E-state index in [4.69, 9.17) is 5.73 Å². The molecule has 1 saturated heterocycles.